The number of nitrogens with one attached hydrogen (secondary N) is 2. The van der Waals surface area contributed by atoms with Crippen LogP contribution in [-0.2, 0) is 11.8 Å². The summed E-state index contributed by atoms with van der Waals surface area (Å²) in [5, 5.41) is 6.59. The maximum Gasteiger partial charge on any atom is 0.226 e. The number of hydrogen-bond donors (Lipinski definition) is 2. The number of anilines is 1. The molecule has 0 aliphatic carbocycles. The minimum Gasteiger partial charge on any atom is -0.352 e. The molecule has 0 bridgehead atoms. The second-order valence-electron chi connectivity index (χ2n) is 7.56. The molecule has 1 aliphatic heterocycles. The zero-order chi connectivity index (χ0) is 22.0. The summed E-state index contributed by atoms with van der Waals surface area (Å²) in [5.74, 6) is -0.724. The van der Waals surface area contributed by atoms with E-state index in [2.05, 4.69) is 32.3 Å². The van der Waals surface area contributed by atoms with Gasteiger partial charge in [0.25, 0.3) is 0 Å². The Morgan fingerprint density at radius 1 is 1.19 bits per heavy atom. The monoisotopic (exact) mass is 437 g/mol. The molecule has 0 saturated carbocycles. The molecule has 0 radical (unpaired) electrons. The number of para-hydroxylation sites is 1. The van der Waals surface area contributed by atoms with Crippen LogP contribution in [0.4, 0.5) is 10.1 Å². The number of carbonyl (C=O) groups is 1. The first kappa shape index (κ1) is 21.0. The van der Waals surface area contributed by atoms with Crippen LogP contribution in [0.3, 0.4) is 0 Å². The smallest absolute Gasteiger partial charge is 0.226 e. The van der Waals surface area contributed by atoms with Gasteiger partial charge in [-0.15, -0.1) is 0 Å². The third-order valence-corrected chi connectivity index (χ3v) is 5.99. The lowest BCUT2D eigenvalue weighted by Gasteiger charge is -2.28. The normalized spacial score (nSPS) is 18.2. The first-order valence-corrected chi connectivity index (χ1v) is 10.5. The van der Waals surface area contributed by atoms with Crippen molar-refractivity contribution in [3.63, 3.8) is 0 Å². The topological polar surface area (TPSA) is 62.2 Å². The third kappa shape index (κ3) is 4.29. The largest absolute Gasteiger partial charge is 0.352 e. The Balaban J connectivity index is 1.56. The molecule has 31 heavy (non-hydrogen) atoms. The number of carbonyl (C=O) groups excluding carboxylic acids is 1. The quantitative estimate of drug-likeness (QED) is 0.574. The van der Waals surface area contributed by atoms with Gasteiger partial charge in [-0.2, -0.15) is 0 Å². The van der Waals surface area contributed by atoms with E-state index in [1.165, 1.54) is 6.07 Å². The SMILES string of the molecule is Cc1ccc(C2C(c3ccccn3)NC(=S)N2CCC(=O)Nc2ccccc2F)n1C. The van der Waals surface area contributed by atoms with E-state index in [4.69, 9.17) is 12.2 Å². The van der Waals surface area contributed by atoms with Crippen molar-refractivity contribution in [1.29, 1.82) is 0 Å². The summed E-state index contributed by atoms with van der Waals surface area (Å²) in [6.07, 6.45) is 1.93. The van der Waals surface area contributed by atoms with E-state index in [1.54, 1.807) is 24.4 Å². The van der Waals surface area contributed by atoms with Crippen LogP contribution in [0.1, 0.15) is 35.6 Å². The summed E-state index contributed by atoms with van der Waals surface area (Å²) in [6, 6.07) is 15.8. The van der Waals surface area contributed by atoms with Gasteiger partial charge in [0.1, 0.15) is 5.82 Å². The molecule has 160 valence electrons. The molecule has 2 N–H and O–H groups in total. The van der Waals surface area contributed by atoms with Gasteiger partial charge in [0.2, 0.25) is 5.91 Å². The Morgan fingerprint density at radius 2 is 1.97 bits per heavy atom. The average molecular weight is 438 g/mol. The van der Waals surface area contributed by atoms with Crippen molar-refractivity contribution in [2.75, 3.05) is 11.9 Å². The van der Waals surface area contributed by atoms with Crippen LogP contribution in [0.15, 0.2) is 60.8 Å². The van der Waals surface area contributed by atoms with E-state index in [0.717, 1.165) is 17.1 Å². The lowest BCUT2D eigenvalue weighted by molar-refractivity contribution is -0.116. The number of nitrogens with zero attached hydrogens (tertiary/aromatic N) is 3. The highest BCUT2D eigenvalue weighted by molar-refractivity contribution is 7.80. The van der Waals surface area contributed by atoms with E-state index in [-0.39, 0.29) is 30.1 Å². The summed E-state index contributed by atoms with van der Waals surface area (Å²) in [5.41, 5.74) is 3.27. The van der Waals surface area contributed by atoms with Gasteiger partial charge in [-0.3, -0.25) is 9.78 Å². The lowest BCUT2D eigenvalue weighted by Crippen LogP contribution is -2.33. The van der Waals surface area contributed by atoms with Crippen LogP contribution < -0.4 is 10.6 Å². The van der Waals surface area contributed by atoms with E-state index in [9.17, 15) is 9.18 Å². The van der Waals surface area contributed by atoms with Crippen molar-refractivity contribution in [3.8, 4) is 0 Å². The van der Waals surface area contributed by atoms with Crippen molar-refractivity contribution < 1.29 is 9.18 Å². The maximum absolute atomic E-state index is 13.9. The number of aromatic nitrogens is 2. The fourth-order valence-electron chi connectivity index (χ4n) is 3.90. The molecule has 2 unspecified atom stereocenters. The first-order valence-electron chi connectivity index (χ1n) is 10.1. The van der Waals surface area contributed by atoms with Crippen LogP contribution in [0.5, 0.6) is 0 Å². The average Bonchev–Trinajstić information content (AvgIpc) is 3.27. The van der Waals surface area contributed by atoms with Gasteiger partial charge in [-0.1, -0.05) is 18.2 Å². The number of amides is 1. The molecule has 1 amide bonds. The van der Waals surface area contributed by atoms with E-state index in [1.807, 2.05) is 37.1 Å². The van der Waals surface area contributed by atoms with Gasteiger partial charge in [0, 0.05) is 37.6 Å². The molecule has 1 aromatic carbocycles. The zero-order valence-electron chi connectivity index (χ0n) is 17.4. The van der Waals surface area contributed by atoms with Crippen LogP contribution in [0.25, 0.3) is 0 Å². The van der Waals surface area contributed by atoms with Crippen molar-refractivity contribution >= 4 is 28.9 Å². The summed E-state index contributed by atoms with van der Waals surface area (Å²) >= 11 is 5.63. The predicted octanol–water partition coefficient (Wildman–Crippen LogP) is 3.87. The molecule has 2 atom stereocenters. The maximum atomic E-state index is 13.9. The number of hydrogen-bond acceptors (Lipinski definition) is 3. The van der Waals surface area contributed by atoms with Crippen LogP contribution >= 0.6 is 12.2 Å². The highest BCUT2D eigenvalue weighted by Gasteiger charge is 2.41. The molecule has 1 saturated heterocycles. The van der Waals surface area contributed by atoms with Crippen molar-refractivity contribution in [3.05, 3.63) is 83.7 Å². The molecular formula is C23H24FN5OS. The van der Waals surface area contributed by atoms with Crippen LogP contribution in [0.2, 0.25) is 0 Å². The molecule has 3 heterocycles. The van der Waals surface area contributed by atoms with Gasteiger partial charge in [0.15, 0.2) is 5.11 Å². The van der Waals surface area contributed by atoms with Gasteiger partial charge in [0.05, 0.1) is 23.5 Å². The summed E-state index contributed by atoms with van der Waals surface area (Å²) < 4.78 is 16.0. The molecule has 8 heteroatoms. The highest BCUT2D eigenvalue weighted by Crippen LogP contribution is 2.39. The second-order valence-corrected chi connectivity index (χ2v) is 7.94. The van der Waals surface area contributed by atoms with Gasteiger partial charge < -0.3 is 20.1 Å². The van der Waals surface area contributed by atoms with E-state index < -0.39 is 5.82 Å². The molecule has 1 aliphatic rings. The number of thiocarbonyl (C=S) groups is 1. The van der Waals surface area contributed by atoms with Crippen LogP contribution in [-0.4, -0.2) is 32.0 Å². The molecule has 2 aromatic heterocycles. The van der Waals surface area contributed by atoms with Gasteiger partial charge in [-0.05, 0) is 55.5 Å². The fraction of sp³-hybridized carbons (Fsp3) is 0.261. The minimum atomic E-state index is -0.457. The van der Waals surface area contributed by atoms with E-state index >= 15 is 0 Å². The molecule has 1 fully saturated rings. The van der Waals surface area contributed by atoms with Crippen molar-refractivity contribution in [2.24, 2.45) is 7.05 Å². The first-order chi connectivity index (χ1) is 15.0. The van der Waals surface area contributed by atoms with Crippen LogP contribution in [0, 0.1) is 12.7 Å². The Morgan fingerprint density at radius 3 is 2.65 bits per heavy atom. The zero-order valence-corrected chi connectivity index (χ0v) is 18.2. The standard InChI is InChI=1S/C23H24FN5OS/c1-15-10-11-19(28(15)2)22-21(18-9-5-6-13-25-18)27-23(31)29(22)14-12-20(30)26-17-8-4-3-7-16(17)24/h3-11,13,21-22H,12,14H2,1-2H3,(H,26,30)(H,27,31). The van der Waals surface area contributed by atoms with Crippen molar-refractivity contribution in [1.82, 2.24) is 19.8 Å². The Hall–Kier alpha value is -3.26. The minimum absolute atomic E-state index is 0.123. The second kappa shape index (κ2) is 8.85. The Labute approximate surface area is 186 Å². The number of pyridine rings is 1. The molecule has 0 spiro atoms. The number of aryl methyl sites for hydroxylation is 1. The van der Waals surface area contributed by atoms with Gasteiger partial charge >= 0.3 is 0 Å². The fourth-order valence-corrected chi connectivity index (χ4v) is 4.23. The summed E-state index contributed by atoms with van der Waals surface area (Å²) in [4.78, 5) is 19.0. The van der Waals surface area contributed by atoms with Gasteiger partial charge in [-0.25, -0.2) is 4.39 Å². The molecule has 6 nitrogen and oxygen atoms in total. The summed E-state index contributed by atoms with van der Waals surface area (Å²) in [6.45, 7) is 2.44. The molecule has 4 rings (SSSR count). The third-order valence-electron chi connectivity index (χ3n) is 5.64. The predicted molar refractivity (Wildman–Crippen MR) is 122 cm³/mol. The Kier molecular flexibility index (Phi) is 5.99. The number of halogens is 1. The Bertz CT molecular complexity index is 1100. The van der Waals surface area contributed by atoms with Crippen molar-refractivity contribution in [2.45, 2.75) is 25.4 Å². The molecular weight excluding hydrogens is 413 g/mol. The number of benzene rings is 1. The van der Waals surface area contributed by atoms with E-state index in [0.29, 0.717) is 11.7 Å². The lowest BCUT2D eigenvalue weighted by atomic mass is 10.0. The number of rotatable bonds is 6. The highest BCUT2D eigenvalue weighted by atomic mass is 32.1. The summed E-state index contributed by atoms with van der Waals surface area (Å²) in [7, 11) is 2.02. The molecule has 3 aromatic rings.